The Bertz CT molecular complexity index is 917. The highest BCUT2D eigenvalue weighted by atomic mass is 16.6. The molecule has 0 fully saturated rings. The van der Waals surface area contributed by atoms with Gasteiger partial charge in [-0.1, -0.05) is 12.1 Å². The molecule has 0 spiro atoms. The first kappa shape index (κ1) is 22.8. The number of imide groups is 1. The van der Waals surface area contributed by atoms with E-state index in [1.54, 1.807) is 65.9 Å². The van der Waals surface area contributed by atoms with E-state index in [2.05, 4.69) is 4.98 Å². The maximum Gasteiger partial charge on any atom is 0.424 e. The van der Waals surface area contributed by atoms with Gasteiger partial charge in [0.15, 0.2) is 0 Å². The minimum atomic E-state index is -1.08. The van der Waals surface area contributed by atoms with Gasteiger partial charge in [0.25, 0.3) is 5.69 Å². The molecule has 0 aliphatic carbocycles. The van der Waals surface area contributed by atoms with Gasteiger partial charge in [-0.3, -0.25) is 15.1 Å². The van der Waals surface area contributed by atoms with E-state index in [4.69, 9.17) is 9.47 Å². The average molecular weight is 415 g/mol. The maximum atomic E-state index is 12.8. The van der Waals surface area contributed by atoms with Crippen molar-refractivity contribution in [2.45, 2.75) is 52.7 Å². The number of carbonyl (C=O) groups is 2. The summed E-state index contributed by atoms with van der Waals surface area (Å²) in [7, 11) is 0. The van der Waals surface area contributed by atoms with E-state index in [1.807, 2.05) is 0 Å². The lowest BCUT2D eigenvalue weighted by Crippen LogP contribution is -2.44. The van der Waals surface area contributed by atoms with E-state index in [9.17, 15) is 19.7 Å². The molecule has 30 heavy (non-hydrogen) atoms. The molecule has 2 aromatic rings. The lowest BCUT2D eigenvalue weighted by molar-refractivity contribution is -0.384. The third-order valence-electron chi connectivity index (χ3n) is 3.53. The van der Waals surface area contributed by atoms with Crippen LogP contribution in [0.2, 0.25) is 0 Å². The number of nitro groups is 1. The van der Waals surface area contributed by atoms with Gasteiger partial charge >= 0.3 is 12.2 Å². The van der Waals surface area contributed by atoms with Gasteiger partial charge in [-0.2, -0.15) is 4.90 Å². The Labute approximate surface area is 174 Å². The van der Waals surface area contributed by atoms with E-state index < -0.39 is 34.0 Å². The molecule has 0 aliphatic rings. The van der Waals surface area contributed by atoms with Gasteiger partial charge in [0.2, 0.25) is 0 Å². The summed E-state index contributed by atoms with van der Waals surface area (Å²) in [4.78, 5) is 41.4. The molecular formula is C21H25N3O6. The Balaban J connectivity index is 2.59. The molecule has 1 aromatic carbocycles. The first-order valence-corrected chi connectivity index (χ1v) is 9.24. The second-order valence-electron chi connectivity index (χ2n) is 8.47. The third kappa shape index (κ3) is 6.00. The largest absolute Gasteiger partial charge is 0.443 e. The summed E-state index contributed by atoms with van der Waals surface area (Å²) in [6, 6.07) is 9.24. The van der Waals surface area contributed by atoms with Gasteiger partial charge in [-0.15, -0.1) is 0 Å². The second-order valence-corrected chi connectivity index (χ2v) is 8.47. The molecule has 2 rings (SSSR count). The van der Waals surface area contributed by atoms with Crippen LogP contribution in [0.3, 0.4) is 0 Å². The smallest absolute Gasteiger partial charge is 0.424 e. The molecule has 0 saturated heterocycles. The summed E-state index contributed by atoms with van der Waals surface area (Å²) >= 11 is 0. The highest BCUT2D eigenvalue weighted by molar-refractivity contribution is 6.11. The zero-order chi connectivity index (χ0) is 22.7. The van der Waals surface area contributed by atoms with Crippen LogP contribution in [0, 0.1) is 10.1 Å². The molecule has 9 nitrogen and oxygen atoms in total. The highest BCUT2D eigenvalue weighted by Crippen LogP contribution is 2.34. The minimum absolute atomic E-state index is 0.261. The number of amides is 2. The van der Waals surface area contributed by atoms with Gasteiger partial charge in [0.1, 0.15) is 16.9 Å². The van der Waals surface area contributed by atoms with Crippen molar-refractivity contribution in [3.8, 4) is 11.3 Å². The van der Waals surface area contributed by atoms with Crippen molar-refractivity contribution in [1.29, 1.82) is 0 Å². The first-order valence-electron chi connectivity index (χ1n) is 9.24. The predicted molar refractivity (Wildman–Crippen MR) is 111 cm³/mol. The Hall–Kier alpha value is -3.49. The Morgan fingerprint density at radius 3 is 1.97 bits per heavy atom. The van der Waals surface area contributed by atoms with Crippen LogP contribution in [-0.2, 0) is 9.47 Å². The molecule has 1 aromatic heterocycles. The van der Waals surface area contributed by atoms with E-state index in [-0.39, 0.29) is 5.69 Å². The van der Waals surface area contributed by atoms with Gasteiger partial charge in [-0.25, -0.2) is 9.59 Å². The zero-order valence-electron chi connectivity index (χ0n) is 17.8. The fourth-order valence-electron chi connectivity index (χ4n) is 2.44. The fraction of sp³-hybridized carbons (Fsp3) is 0.381. The van der Waals surface area contributed by atoms with Crippen molar-refractivity contribution >= 4 is 23.6 Å². The number of rotatable bonds is 3. The Morgan fingerprint density at radius 1 is 0.967 bits per heavy atom. The zero-order valence-corrected chi connectivity index (χ0v) is 17.8. The maximum absolute atomic E-state index is 12.8. The van der Waals surface area contributed by atoms with Crippen LogP contribution in [0.4, 0.5) is 21.0 Å². The van der Waals surface area contributed by atoms with E-state index in [0.29, 0.717) is 16.2 Å². The van der Waals surface area contributed by atoms with Crippen molar-refractivity contribution in [2.75, 3.05) is 4.90 Å². The topological polar surface area (TPSA) is 112 Å². The van der Waals surface area contributed by atoms with Gasteiger partial charge < -0.3 is 9.47 Å². The summed E-state index contributed by atoms with van der Waals surface area (Å²) in [6.07, 6.45) is -0.598. The molecule has 2 amide bonds. The van der Waals surface area contributed by atoms with Gasteiger partial charge in [-0.05, 0) is 59.7 Å². The quantitative estimate of drug-likeness (QED) is 0.491. The molecule has 1 heterocycles. The van der Waals surface area contributed by atoms with Crippen molar-refractivity contribution in [1.82, 2.24) is 4.98 Å². The summed E-state index contributed by atoms with van der Waals surface area (Å²) < 4.78 is 10.6. The number of carbonyl (C=O) groups excluding carboxylic acids is 2. The molecule has 0 atom stereocenters. The molecule has 0 radical (unpaired) electrons. The second kappa shape index (κ2) is 8.48. The highest BCUT2D eigenvalue weighted by Gasteiger charge is 2.36. The number of hydrogen-bond donors (Lipinski definition) is 0. The summed E-state index contributed by atoms with van der Waals surface area (Å²) in [5, 5.41) is 11.8. The molecule has 0 aliphatic heterocycles. The monoisotopic (exact) mass is 415 g/mol. The van der Waals surface area contributed by atoms with E-state index in [1.165, 1.54) is 18.2 Å². The van der Waals surface area contributed by atoms with E-state index in [0.717, 1.165) is 0 Å². The third-order valence-corrected chi connectivity index (χ3v) is 3.53. The SMILES string of the molecule is CC(C)(C)OC(=O)N(C(=O)OC(C)(C)C)c1ccc(-c2ccccn2)cc1[N+](=O)[O-]. The molecule has 0 saturated carbocycles. The number of anilines is 1. The number of ether oxygens (including phenoxy) is 2. The van der Waals surface area contributed by atoms with Crippen LogP contribution in [0.1, 0.15) is 41.5 Å². The standard InChI is InChI=1S/C21H25N3O6/c1-20(2,3)29-18(25)23(19(26)30-21(4,5)6)16-11-10-14(13-17(16)24(27)28)15-9-7-8-12-22-15/h7-13H,1-6H3. The fourth-order valence-corrected chi connectivity index (χ4v) is 2.44. The lowest BCUT2D eigenvalue weighted by Gasteiger charge is -2.28. The minimum Gasteiger partial charge on any atom is -0.443 e. The number of hydrogen-bond acceptors (Lipinski definition) is 7. The lowest BCUT2D eigenvalue weighted by atomic mass is 10.1. The molecular weight excluding hydrogens is 390 g/mol. The van der Waals surface area contributed by atoms with Crippen LogP contribution < -0.4 is 4.90 Å². The van der Waals surface area contributed by atoms with Crippen molar-refractivity contribution in [2.24, 2.45) is 0 Å². The van der Waals surface area contributed by atoms with Crippen molar-refractivity contribution in [3.63, 3.8) is 0 Å². The van der Waals surface area contributed by atoms with Crippen molar-refractivity contribution < 1.29 is 24.0 Å². The summed E-state index contributed by atoms with van der Waals surface area (Å²) in [5.41, 5.74) is -1.62. The number of pyridine rings is 1. The number of nitrogens with zero attached hydrogens (tertiary/aromatic N) is 3. The molecule has 0 bridgehead atoms. The molecule has 160 valence electrons. The summed E-state index contributed by atoms with van der Waals surface area (Å²) in [6.45, 7) is 9.73. The van der Waals surface area contributed by atoms with Crippen LogP contribution in [-0.4, -0.2) is 33.3 Å². The number of nitro benzene ring substituents is 1. The first-order chi connectivity index (χ1) is 13.8. The van der Waals surface area contributed by atoms with E-state index >= 15 is 0 Å². The predicted octanol–water partition coefficient (Wildman–Crippen LogP) is 5.33. The van der Waals surface area contributed by atoms with Crippen LogP contribution in [0.25, 0.3) is 11.3 Å². The summed E-state index contributed by atoms with van der Waals surface area (Å²) in [5.74, 6) is 0. The molecule has 0 N–H and O–H groups in total. The van der Waals surface area contributed by atoms with Crippen LogP contribution >= 0.6 is 0 Å². The van der Waals surface area contributed by atoms with Crippen LogP contribution in [0.5, 0.6) is 0 Å². The van der Waals surface area contributed by atoms with Crippen LogP contribution in [0.15, 0.2) is 42.6 Å². The van der Waals surface area contributed by atoms with Gasteiger partial charge in [0, 0.05) is 17.8 Å². The Morgan fingerprint density at radius 2 is 1.53 bits per heavy atom. The average Bonchev–Trinajstić information content (AvgIpc) is 2.59. The Kier molecular flexibility index (Phi) is 6.44. The number of aromatic nitrogens is 1. The molecule has 0 unspecified atom stereocenters. The molecule has 9 heteroatoms. The number of benzene rings is 1. The van der Waals surface area contributed by atoms with Crippen molar-refractivity contribution in [3.05, 3.63) is 52.7 Å². The normalized spacial score (nSPS) is 11.5. The van der Waals surface area contributed by atoms with Gasteiger partial charge in [0.05, 0.1) is 10.6 Å².